The number of carbonyl (C=O) groups is 2. The Morgan fingerprint density at radius 1 is 0.719 bits per heavy atom. The first-order valence-electron chi connectivity index (χ1n) is 11.9. The van der Waals surface area contributed by atoms with Gasteiger partial charge in [-0.05, 0) is 24.0 Å². The van der Waals surface area contributed by atoms with E-state index in [-0.39, 0.29) is 17.9 Å². The van der Waals surface area contributed by atoms with Gasteiger partial charge in [0.15, 0.2) is 0 Å². The maximum absolute atomic E-state index is 13.7. The van der Waals surface area contributed by atoms with Crippen LogP contribution in [0.3, 0.4) is 0 Å². The van der Waals surface area contributed by atoms with Crippen LogP contribution in [0.4, 0.5) is 0 Å². The van der Waals surface area contributed by atoms with Crippen molar-refractivity contribution in [1.29, 1.82) is 0 Å². The van der Waals surface area contributed by atoms with Gasteiger partial charge in [0.25, 0.3) is 11.8 Å². The maximum Gasteiger partial charge on any atom is 0.278 e. The summed E-state index contributed by atoms with van der Waals surface area (Å²) in [5.41, 5.74) is 3.37. The van der Waals surface area contributed by atoms with Crippen molar-refractivity contribution in [3.8, 4) is 0 Å². The van der Waals surface area contributed by atoms with E-state index in [4.69, 9.17) is 0 Å². The lowest BCUT2D eigenvalue weighted by Gasteiger charge is -2.37. The van der Waals surface area contributed by atoms with Crippen molar-refractivity contribution < 1.29 is 9.59 Å². The molecule has 2 aromatic rings. The SMILES string of the molecule is O=C1C(c2ccccc2)=C(N2CCN(Cc3ccccc3)CC2)C(=O)N1C1CCCCC1. The molecular weight excluding hydrogens is 398 g/mol. The van der Waals surface area contributed by atoms with Gasteiger partial charge in [0.05, 0.1) is 5.57 Å². The Hall–Kier alpha value is -2.92. The maximum atomic E-state index is 13.7. The van der Waals surface area contributed by atoms with Gasteiger partial charge >= 0.3 is 0 Å². The van der Waals surface area contributed by atoms with E-state index in [1.54, 1.807) is 4.90 Å². The van der Waals surface area contributed by atoms with Gasteiger partial charge in [0.2, 0.25) is 0 Å². The lowest BCUT2D eigenvalue weighted by Crippen LogP contribution is -2.48. The van der Waals surface area contributed by atoms with Crippen LogP contribution in [-0.4, -0.2) is 58.7 Å². The molecule has 2 amide bonds. The number of amides is 2. The van der Waals surface area contributed by atoms with Crippen LogP contribution in [0.15, 0.2) is 66.4 Å². The molecule has 2 fully saturated rings. The van der Waals surface area contributed by atoms with Crippen molar-refractivity contribution in [2.24, 2.45) is 0 Å². The van der Waals surface area contributed by atoms with Gasteiger partial charge < -0.3 is 4.90 Å². The highest BCUT2D eigenvalue weighted by atomic mass is 16.2. The van der Waals surface area contributed by atoms with E-state index >= 15 is 0 Å². The van der Waals surface area contributed by atoms with Crippen molar-refractivity contribution in [3.05, 3.63) is 77.5 Å². The summed E-state index contributed by atoms with van der Waals surface area (Å²) in [7, 11) is 0. The Balaban J connectivity index is 1.39. The Morgan fingerprint density at radius 3 is 2.00 bits per heavy atom. The number of imide groups is 1. The molecule has 2 heterocycles. The van der Waals surface area contributed by atoms with E-state index in [9.17, 15) is 9.59 Å². The molecule has 0 N–H and O–H groups in total. The van der Waals surface area contributed by atoms with Crippen LogP contribution in [0.25, 0.3) is 5.57 Å². The summed E-state index contributed by atoms with van der Waals surface area (Å²) in [6, 6.07) is 20.3. The summed E-state index contributed by atoms with van der Waals surface area (Å²) in [6.07, 6.45) is 5.24. The van der Waals surface area contributed by atoms with Gasteiger partial charge in [-0.3, -0.25) is 19.4 Å². The zero-order valence-electron chi connectivity index (χ0n) is 18.6. The van der Waals surface area contributed by atoms with Gasteiger partial charge in [-0.2, -0.15) is 0 Å². The fourth-order valence-corrected chi connectivity index (χ4v) is 5.34. The Morgan fingerprint density at radius 2 is 1.34 bits per heavy atom. The fourth-order valence-electron chi connectivity index (χ4n) is 5.34. The number of piperazine rings is 1. The van der Waals surface area contributed by atoms with Gasteiger partial charge in [-0.25, -0.2) is 0 Å². The monoisotopic (exact) mass is 429 g/mol. The molecule has 1 saturated heterocycles. The van der Waals surface area contributed by atoms with E-state index < -0.39 is 0 Å². The number of rotatable bonds is 5. The van der Waals surface area contributed by atoms with Crippen LogP contribution >= 0.6 is 0 Å². The number of hydrogen-bond acceptors (Lipinski definition) is 4. The van der Waals surface area contributed by atoms with Crippen LogP contribution in [0.5, 0.6) is 0 Å². The zero-order valence-corrected chi connectivity index (χ0v) is 18.6. The average molecular weight is 430 g/mol. The van der Waals surface area contributed by atoms with E-state index in [0.717, 1.165) is 64.0 Å². The van der Waals surface area contributed by atoms with Crippen LogP contribution in [0.2, 0.25) is 0 Å². The minimum atomic E-state index is -0.102. The number of carbonyl (C=O) groups excluding carboxylic acids is 2. The second-order valence-electron chi connectivity index (χ2n) is 9.11. The summed E-state index contributed by atoms with van der Waals surface area (Å²) in [5.74, 6) is -0.188. The van der Waals surface area contributed by atoms with E-state index in [1.807, 2.05) is 36.4 Å². The van der Waals surface area contributed by atoms with Gasteiger partial charge in [0, 0.05) is 38.8 Å². The van der Waals surface area contributed by atoms with Gasteiger partial charge in [0.1, 0.15) is 5.70 Å². The largest absolute Gasteiger partial charge is 0.364 e. The normalized spacial score (nSPS) is 21.0. The summed E-state index contributed by atoms with van der Waals surface area (Å²) in [5, 5.41) is 0. The lowest BCUT2D eigenvalue weighted by molar-refractivity contribution is -0.141. The first-order chi connectivity index (χ1) is 15.7. The fraction of sp³-hybridized carbons (Fsp3) is 0.407. The van der Waals surface area contributed by atoms with Crippen LogP contribution in [0, 0.1) is 0 Å². The smallest absolute Gasteiger partial charge is 0.278 e. The predicted octanol–water partition coefficient (Wildman–Crippen LogP) is 3.92. The Kier molecular flexibility index (Phi) is 6.08. The molecule has 0 bridgehead atoms. The Labute approximate surface area is 190 Å². The lowest BCUT2D eigenvalue weighted by atomic mass is 9.94. The first-order valence-corrected chi connectivity index (χ1v) is 11.9. The number of hydrogen-bond donors (Lipinski definition) is 0. The second-order valence-corrected chi connectivity index (χ2v) is 9.11. The van der Waals surface area contributed by atoms with E-state index in [2.05, 4.69) is 34.1 Å². The van der Waals surface area contributed by atoms with Crippen molar-refractivity contribution in [1.82, 2.24) is 14.7 Å². The highest BCUT2D eigenvalue weighted by Crippen LogP contribution is 2.36. The molecule has 1 aliphatic carbocycles. The molecule has 0 aromatic heterocycles. The highest BCUT2D eigenvalue weighted by Gasteiger charge is 2.45. The molecule has 5 nitrogen and oxygen atoms in total. The summed E-state index contributed by atoms with van der Waals surface area (Å²) in [6.45, 7) is 4.20. The minimum Gasteiger partial charge on any atom is -0.364 e. The molecular formula is C27H31N3O2. The zero-order chi connectivity index (χ0) is 21.9. The Bertz CT molecular complexity index is 988. The van der Waals surface area contributed by atoms with Gasteiger partial charge in [-0.15, -0.1) is 0 Å². The van der Waals surface area contributed by atoms with Crippen molar-refractivity contribution in [3.63, 3.8) is 0 Å². The molecule has 3 aliphatic rings. The van der Waals surface area contributed by atoms with Crippen LogP contribution in [-0.2, 0) is 16.1 Å². The molecule has 0 spiro atoms. The molecule has 5 heteroatoms. The summed E-state index contributed by atoms with van der Waals surface area (Å²) >= 11 is 0. The molecule has 166 valence electrons. The molecule has 1 saturated carbocycles. The summed E-state index contributed by atoms with van der Waals surface area (Å²) in [4.78, 5) is 33.4. The third kappa shape index (κ3) is 4.09. The second kappa shape index (κ2) is 9.29. The van der Waals surface area contributed by atoms with Crippen molar-refractivity contribution in [2.45, 2.75) is 44.7 Å². The van der Waals surface area contributed by atoms with Crippen molar-refractivity contribution >= 4 is 17.4 Å². The average Bonchev–Trinajstić information content (AvgIpc) is 3.11. The molecule has 0 radical (unpaired) electrons. The first kappa shape index (κ1) is 21.0. The van der Waals surface area contributed by atoms with E-state index in [0.29, 0.717) is 11.3 Å². The van der Waals surface area contributed by atoms with Crippen LogP contribution < -0.4 is 0 Å². The topological polar surface area (TPSA) is 43.9 Å². The molecule has 0 unspecified atom stereocenters. The minimum absolute atomic E-state index is 0.0410. The summed E-state index contributed by atoms with van der Waals surface area (Å²) < 4.78 is 0. The number of benzene rings is 2. The molecule has 0 atom stereocenters. The third-order valence-electron chi connectivity index (χ3n) is 7.03. The quantitative estimate of drug-likeness (QED) is 0.676. The third-order valence-corrected chi connectivity index (χ3v) is 7.03. The number of nitrogens with zero attached hydrogens (tertiary/aromatic N) is 3. The molecule has 5 rings (SSSR count). The standard InChI is InChI=1S/C27H31N3O2/c31-26-24(22-12-6-2-7-13-22)25(27(32)30(26)23-14-8-3-9-15-23)29-18-16-28(17-19-29)20-21-10-4-1-5-11-21/h1-2,4-7,10-13,23H,3,8-9,14-20H2. The van der Waals surface area contributed by atoms with Crippen molar-refractivity contribution in [2.75, 3.05) is 26.2 Å². The molecule has 32 heavy (non-hydrogen) atoms. The molecule has 2 aliphatic heterocycles. The van der Waals surface area contributed by atoms with Crippen LogP contribution in [0.1, 0.15) is 43.2 Å². The molecule has 2 aromatic carbocycles. The highest BCUT2D eigenvalue weighted by molar-refractivity contribution is 6.35. The van der Waals surface area contributed by atoms with E-state index in [1.165, 1.54) is 12.0 Å². The predicted molar refractivity (Wildman–Crippen MR) is 125 cm³/mol. The van der Waals surface area contributed by atoms with Gasteiger partial charge in [-0.1, -0.05) is 79.9 Å².